The molecule has 23 rings (SSSR count). The molecule has 130 heavy (non-hydrogen) atoms. The number of phenolic OH excluding ortho intramolecular Hbond substituents is 1. The molecule has 20 aromatic rings. The fraction of sp³-hybridized carbons (Fsp3) is 0.264. The Balaban J connectivity index is 0.000000105. The number of aromatic nitrogens is 27. The van der Waals surface area contributed by atoms with Crippen molar-refractivity contribution in [1.29, 1.82) is 0 Å². The highest BCUT2D eigenvalue weighted by atomic mass is 32.1. The molecule has 39 heteroatoms. The highest BCUT2D eigenvalue weighted by molar-refractivity contribution is 7.14. The van der Waals surface area contributed by atoms with E-state index in [9.17, 15) is 5.11 Å². The molecule has 2 atom stereocenters. The molecule has 36 nitrogen and oxygen atoms in total. The van der Waals surface area contributed by atoms with Crippen molar-refractivity contribution in [3.8, 4) is 62.0 Å². The molecule has 0 aliphatic carbocycles. The van der Waals surface area contributed by atoms with Crippen LogP contribution in [-0.4, -0.2) is 174 Å². The van der Waals surface area contributed by atoms with Crippen LogP contribution in [0.15, 0.2) is 221 Å². The average Bonchev–Trinajstić information content (AvgIpc) is 1.63. The van der Waals surface area contributed by atoms with Gasteiger partial charge in [0.05, 0.1) is 113 Å². The molecule has 9 N–H and O–H groups in total. The summed E-state index contributed by atoms with van der Waals surface area (Å²) in [5.74, 6) is 5.93. The van der Waals surface area contributed by atoms with Crippen molar-refractivity contribution in [3.05, 3.63) is 249 Å². The summed E-state index contributed by atoms with van der Waals surface area (Å²) >= 11 is 4.64. The molecule has 0 radical (unpaired) electrons. The molecule has 3 aliphatic rings. The number of nitrogens with zero attached hydrogens (tertiary/aromatic N) is 27. The zero-order chi connectivity index (χ0) is 88.7. The minimum Gasteiger partial charge on any atom is -0.508 e. The molecule has 0 amide bonds. The normalized spacial score (nSPS) is 14.7. The quantitative estimate of drug-likeness (QED) is 0.0340. The van der Waals surface area contributed by atoms with Crippen LogP contribution in [0, 0.1) is 6.92 Å². The van der Waals surface area contributed by atoms with E-state index in [0.29, 0.717) is 29.5 Å². The van der Waals surface area contributed by atoms with Crippen molar-refractivity contribution >= 4 is 118 Å². The van der Waals surface area contributed by atoms with E-state index in [-0.39, 0.29) is 5.75 Å². The van der Waals surface area contributed by atoms with Crippen LogP contribution < -0.4 is 42.5 Å². The first-order valence-electron chi connectivity index (χ1n) is 43.0. The highest BCUT2D eigenvalue weighted by Crippen LogP contribution is 2.38. The van der Waals surface area contributed by atoms with Gasteiger partial charge in [0.25, 0.3) is 0 Å². The van der Waals surface area contributed by atoms with Crippen LogP contribution >= 0.6 is 34.4 Å². The minimum absolute atomic E-state index is 0.224. The predicted molar refractivity (Wildman–Crippen MR) is 509 cm³/mol. The number of fused-ring (bicyclic) bond motifs is 5. The fourth-order valence-electron chi connectivity index (χ4n) is 16.2. The molecular weight excluding hydrogens is 1700 g/mol. The number of aromatic hydroxyl groups is 1. The second kappa shape index (κ2) is 38.0. The van der Waals surface area contributed by atoms with Crippen LogP contribution in [0.2, 0.25) is 0 Å². The number of thiophene rings is 1. The summed E-state index contributed by atoms with van der Waals surface area (Å²) in [6.07, 6.45) is 52.3. The number of hydrogen-bond donors (Lipinski definition) is 9. The Morgan fingerprint density at radius 3 is 1.18 bits per heavy atom. The molecular formula is C91H97N35OS3. The van der Waals surface area contributed by atoms with Crippen molar-refractivity contribution in [2.45, 2.75) is 83.0 Å². The lowest BCUT2D eigenvalue weighted by Crippen LogP contribution is -2.29. The molecule has 0 bridgehead atoms. The van der Waals surface area contributed by atoms with Crippen LogP contribution in [0.4, 0.5) is 55.5 Å². The molecule has 3 aliphatic heterocycles. The molecule has 2 unspecified atom stereocenters. The molecule has 660 valence electrons. The number of phenols is 1. The lowest BCUT2D eigenvalue weighted by atomic mass is 9.92. The molecule has 2 aromatic carbocycles. The van der Waals surface area contributed by atoms with Crippen LogP contribution in [0.1, 0.15) is 104 Å². The summed E-state index contributed by atoms with van der Waals surface area (Å²) in [5, 5.41) is 63.2. The van der Waals surface area contributed by atoms with E-state index in [1.54, 1.807) is 96.2 Å². The van der Waals surface area contributed by atoms with Crippen LogP contribution in [0.3, 0.4) is 0 Å². The average molecular weight is 1790 g/mol. The van der Waals surface area contributed by atoms with Gasteiger partial charge >= 0.3 is 0 Å². The van der Waals surface area contributed by atoms with Crippen molar-refractivity contribution in [2.75, 3.05) is 65.9 Å². The minimum atomic E-state index is 0.224. The number of nitrogens with one attached hydrogen (secondary N) is 8. The third-order valence-electron chi connectivity index (χ3n) is 22.9. The van der Waals surface area contributed by atoms with E-state index in [2.05, 4.69) is 188 Å². The van der Waals surface area contributed by atoms with E-state index in [1.807, 2.05) is 171 Å². The Hall–Kier alpha value is -14.8. The van der Waals surface area contributed by atoms with Gasteiger partial charge in [0.1, 0.15) is 15.8 Å². The van der Waals surface area contributed by atoms with Gasteiger partial charge in [-0.2, -0.15) is 34.2 Å². The van der Waals surface area contributed by atoms with E-state index < -0.39 is 0 Å². The Kier molecular flexibility index (Phi) is 24.8. The van der Waals surface area contributed by atoms with Crippen LogP contribution in [-0.2, 0) is 35.2 Å². The van der Waals surface area contributed by atoms with E-state index >= 15 is 0 Å². The summed E-state index contributed by atoms with van der Waals surface area (Å²) in [7, 11) is 9.53. The standard InChI is InChI=1S/C19H22N8S.C19H21N7S.C19H20N6.C18H20N8S.C16H14N6O/c1-12-6-17(28-25-12)24-18-19-21-9-16(14-8-22-26(2)10-14)27(19)11-15(23-18)13-4-3-5-20-7-13;1-25-11-15(9-23-25)16-10-22-19-18(21-6-7-26(16)19)24-17-8-14(12-27-17)13-2-4-20-5-3-13;1-13(2)14-4-6-16(7-5-14)23-18-19-21-11-17(25(19)9-8-20-18)15-10-22-24(3)12-15;1-25-11-13(9-22-25)15-10-21-18-17(20-5-6-26(15)18)23-16-7-14(24-27-16)12-3-2-4-19-8-12;1-21-10-11(8-19-21)14-9-18-16-15(17-6-7-22(14)16)20-12-2-4-13(23)5-3-12/h6,8-11,13,20H,3-5,7H2,1-2H3,(H,23,24);6-13,20H,2-5H2,1H3,(H,21,24);4-13H,1-3H3,(H,20,23);5-7,9-12,19H,2-4,8H2,1H3,(H,20,23);2-10,23H,1H3,(H,17,20). The maximum absolute atomic E-state index is 9.36. The van der Waals surface area contributed by atoms with Gasteiger partial charge < -0.3 is 47.6 Å². The third kappa shape index (κ3) is 19.0. The Bertz CT molecular complexity index is 7050. The number of rotatable bonds is 19. The van der Waals surface area contributed by atoms with Gasteiger partial charge in [0.15, 0.2) is 57.3 Å². The third-order valence-corrected chi connectivity index (χ3v) is 25.3. The summed E-state index contributed by atoms with van der Waals surface area (Å²) in [6.45, 7) is 12.7. The second-order valence-corrected chi connectivity index (χ2v) is 35.1. The van der Waals surface area contributed by atoms with Gasteiger partial charge in [-0.1, -0.05) is 26.0 Å². The Morgan fingerprint density at radius 2 is 0.777 bits per heavy atom. The van der Waals surface area contributed by atoms with Gasteiger partial charge in [-0.3, -0.25) is 45.4 Å². The summed E-state index contributed by atoms with van der Waals surface area (Å²) in [6, 6.07) is 21.7. The summed E-state index contributed by atoms with van der Waals surface area (Å²) in [4.78, 5) is 45.6. The largest absolute Gasteiger partial charge is 0.508 e. The zero-order valence-corrected chi connectivity index (χ0v) is 75.3. The molecule has 3 fully saturated rings. The van der Waals surface area contributed by atoms with Crippen molar-refractivity contribution in [2.24, 2.45) is 35.2 Å². The molecule has 3 saturated heterocycles. The lowest BCUT2D eigenvalue weighted by molar-refractivity contribution is 0.454. The van der Waals surface area contributed by atoms with Crippen LogP contribution in [0.25, 0.3) is 84.5 Å². The monoisotopic (exact) mass is 1790 g/mol. The smallest absolute Gasteiger partial charge is 0.180 e. The summed E-state index contributed by atoms with van der Waals surface area (Å²) in [5.41, 5.74) is 21.7. The van der Waals surface area contributed by atoms with Gasteiger partial charge in [0.2, 0.25) is 0 Å². The predicted octanol–water partition coefficient (Wildman–Crippen LogP) is 15.9. The van der Waals surface area contributed by atoms with Crippen molar-refractivity contribution < 1.29 is 5.11 Å². The topological polar surface area (TPSA) is 382 Å². The van der Waals surface area contributed by atoms with Gasteiger partial charge in [-0.25, -0.2) is 49.8 Å². The van der Waals surface area contributed by atoms with E-state index in [4.69, 9.17) is 4.98 Å². The van der Waals surface area contributed by atoms with Crippen molar-refractivity contribution in [1.82, 2.24) is 145 Å². The molecule has 21 heterocycles. The van der Waals surface area contributed by atoms with E-state index in [1.165, 1.54) is 66.3 Å². The Morgan fingerprint density at radius 1 is 0.385 bits per heavy atom. The number of hydrogen-bond acceptors (Lipinski definition) is 29. The zero-order valence-electron chi connectivity index (χ0n) is 72.8. The van der Waals surface area contributed by atoms with Gasteiger partial charge in [-0.05, 0) is 178 Å². The first-order chi connectivity index (χ1) is 63.5. The maximum Gasteiger partial charge on any atom is 0.180 e. The number of aryl methyl sites for hydroxylation is 6. The van der Waals surface area contributed by atoms with Crippen molar-refractivity contribution in [3.63, 3.8) is 0 Å². The van der Waals surface area contributed by atoms with Gasteiger partial charge in [-0.15, -0.1) is 11.3 Å². The number of imidazole rings is 5. The second-order valence-electron chi connectivity index (χ2n) is 32.6. The molecule has 0 saturated carbocycles. The molecule has 18 aromatic heterocycles. The number of piperidine rings is 3. The van der Waals surface area contributed by atoms with Gasteiger partial charge in [0, 0.05) is 186 Å². The van der Waals surface area contributed by atoms with Crippen LogP contribution in [0.5, 0.6) is 5.75 Å². The lowest BCUT2D eigenvalue weighted by Gasteiger charge is -2.23. The summed E-state index contributed by atoms with van der Waals surface area (Å²) < 4.78 is 28.1. The highest BCUT2D eigenvalue weighted by Gasteiger charge is 2.26. The number of anilines is 10. The Labute approximate surface area is 759 Å². The first-order valence-corrected chi connectivity index (χ1v) is 45.4. The SMILES string of the molecule is CC(C)c1ccc(Nc2nccn3c(-c4cnn(C)c4)cnc23)cc1.Cc1cc(Nc2nc(C3CCCNC3)cn3c(-c4cnn(C)c4)cnc23)sn1.Cn1cc(-c2cnc3c(Nc4cc(C5CCCNC5)ns4)nccn23)cn1.Cn1cc(-c2cnc3c(Nc4cc(C5CCNCC5)cs4)nccn23)cn1.Cn1cc(-c2cnc3c(Nc4ccc(O)cc4)nccn23)cn1. The maximum atomic E-state index is 9.36. The first kappa shape index (κ1) is 84.7. The number of benzene rings is 2. The fourth-order valence-corrected chi connectivity index (χ4v) is 18.5. The van der Waals surface area contributed by atoms with E-state index in [0.717, 1.165) is 197 Å². The molecule has 0 spiro atoms.